The van der Waals surface area contributed by atoms with Gasteiger partial charge in [-0.2, -0.15) is 0 Å². The normalized spacial score (nSPS) is 15.0. The van der Waals surface area contributed by atoms with E-state index in [0.717, 1.165) is 18.4 Å². The van der Waals surface area contributed by atoms with Gasteiger partial charge in [-0.15, -0.1) is 6.42 Å². The van der Waals surface area contributed by atoms with Crippen LogP contribution in [-0.4, -0.2) is 20.5 Å². The van der Waals surface area contributed by atoms with Gasteiger partial charge in [-0.25, -0.2) is 0 Å². The van der Waals surface area contributed by atoms with E-state index in [-0.39, 0.29) is 17.2 Å². The minimum Gasteiger partial charge on any atom is -0.414 e. The van der Waals surface area contributed by atoms with Crippen LogP contribution in [0.4, 0.5) is 0 Å². The van der Waals surface area contributed by atoms with E-state index in [0.29, 0.717) is 6.61 Å². The average molecular weight is 333 g/mol. The first kappa shape index (κ1) is 20.0. The molecule has 0 amide bonds. The van der Waals surface area contributed by atoms with Crippen molar-refractivity contribution >= 4 is 8.32 Å². The van der Waals surface area contributed by atoms with Crippen LogP contribution < -0.4 is 0 Å². The Morgan fingerprint density at radius 3 is 2.26 bits per heavy atom. The highest BCUT2D eigenvalue weighted by Crippen LogP contribution is 2.37. The molecule has 0 saturated heterocycles. The Morgan fingerprint density at radius 1 is 1.13 bits per heavy atom. The lowest BCUT2D eigenvalue weighted by molar-refractivity contribution is 0.0617. The Labute approximate surface area is 143 Å². The van der Waals surface area contributed by atoms with Gasteiger partial charge in [0, 0.05) is 6.10 Å². The van der Waals surface area contributed by atoms with Crippen molar-refractivity contribution in [1.29, 1.82) is 0 Å². The van der Waals surface area contributed by atoms with E-state index in [4.69, 9.17) is 15.6 Å². The summed E-state index contributed by atoms with van der Waals surface area (Å²) in [6.45, 7) is 14.1. The van der Waals surface area contributed by atoms with Crippen LogP contribution >= 0.6 is 0 Å². The molecule has 0 fully saturated rings. The molecule has 1 aromatic rings. The Hall–Kier alpha value is -1.08. The van der Waals surface area contributed by atoms with Crippen molar-refractivity contribution in [2.45, 2.75) is 77.5 Å². The van der Waals surface area contributed by atoms with Crippen molar-refractivity contribution in [1.82, 2.24) is 0 Å². The predicted molar refractivity (Wildman–Crippen MR) is 101 cm³/mol. The van der Waals surface area contributed by atoms with Crippen LogP contribution in [0.1, 0.15) is 46.1 Å². The van der Waals surface area contributed by atoms with Gasteiger partial charge in [-0.3, -0.25) is 0 Å². The molecule has 128 valence electrons. The third-order valence-electron chi connectivity index (χ3n) is 4.62. The Morgan fingerprint density at radius 2 is 1.74 bits per heavy atom. The maximum atomic E-state index is 6.37. The smallest absolute Gasteiger partial charge is 0.192 e. The molecule has 0 aliphatic carbocycles. The molecule has 1 aromatic carbocycles. The molecule has 0 aliphatic heterocycles. The van der Waals surface area contributed by atoms with Gasteiger partial charge in [0.05, 0.1) is 6.61 Å². The SMILES string of the molecule is C#C[C@H](CC[C@@H](C)O[Si](C)(C)C(C)(C)C)OCc1ccccc1. The average Bonchev–Trinajstić information content (AvgIpc) is 2.47. The molecule has 0 aliphatic rings. The molecule has 3 heteroatoms. The molecule has 0 N–H and O–H groups in total. The molecule has 1 rings (SSSR count). The van der Waals surface area contributed by atoms with Crippen LogP contribution in [0.3, 0.4) is 0 Å². The lowest BCUT2D eigenvalue weighted by Gasteiger charge is -2.38. The zero-order chi connectivity index (χ0) is 17.5. The molecule has 23 heavy (non-hydrogen) atoms. The topological polar surface area (TPSA) is 18.5 Å². The van der Waals surface area contributed by atoms with Crippen molar-refractivity contribution < 1.29 is 9.16 Å². The minimum absolute atomic E-state index is 0.152. The van der Waals surface area contributed by atoms with Crippen LogP contribution in [0.2, 0.25) is 18.1 Å². The van der Waals surface area contributed by atoms with Crippen molar-refractivity contribution in [2.24, 2.45) is 0 Å². The van der Waals surface area contributed by atoms with E-state index in [2.05, 4.69) is 58.8 Å². The third-order valence-corrected chi connectivity index (χ3v) is 9.22. The number of hydrogen-bond donors (Lipinski definition) is 0. The quantitative estimate of drug-likeness (QED) is 0.469. The molecule has 2 atom stereocenters. The molecule has 0 bridgehead atoms. The number of hydrogen-bond acceptors (Lipinski definition) is 2. The Bertz CT molecular complexity index is 497. The maximum absolute atomic E-state index is 6.37. The molecule has 0 radical (unpaired) electrons. The van der Waals surface area contributed by atoms with E-state index >= 15 is 0 Å². The first-order valence-electron chi connectivity index (χ1n) is 8.45. The van der Waals surface area contributed by atoms with Gasteiger partial charge in [-0.05, 0) is 43.5 Å². The molecule has 2 nitrogen and oxygen atoms in total. The van der Waals surface area contributed by atoms with E-state index in [9.17, 15) is 0 Å². The minimum atomic E-state index is -1.71. The highest BCUT2D eigenvalue weighted by molar-refractivity contribution is 6.74. The lowest BCUT2D eigenvalue weighted by atomic mass is 10.1. The van der Waals surface area contributed by atoms with Gasteiger partial charge in [0.2, 0.25) is 0 Å². The summed E-state index contributed by atoms with van der Waals surface area (Å²) >= 11 is 0. The summed E-state index contributed by atoms with van der Waals surface area (Å²) in [7, 11) is -1.71. The van der Waals surface area contributed by atoms with Crippen molar-refractivity contribution in [3.8, 4) is 12.3 Å². The number of ether oxygens (including phenoxy) is 1. The largest absolute Gasteiger partial charge is 0.414 e. The summed E-state index contributed by atoms with van der Waals surface area (Å²) in [6, 6.07) is 10.1. The molecule has 0 aromatic heterocycles. The fourth-order valence-corrected chi connectivity index (χ4v) is 3.59. The predicted octanol–water partition coefficient (Wildman–Crippen LogP) is 5.40. The Balaban J connectivity index is 2.41. The van der Waals surface area contributed by atoms with Crippen molar-refractivity contribution in [3.05, 3.63) is 35.9 Å². The second kappa shape index (κ2) is 8.68. The molecule has 0 spiro atoms. The summed E-state index contributed by atoms with van der Waals surface area (Å²) in [5, 5.41) is 0.233. The summed E-state index contributed by atoms with van der Waals surface area (Å²) in [5.41, 5.74) is 1.15. The summed E-state index contributed by atoms with van der Waals surface area (Å²) in [6.07, 6.45) is 7.43. The third kappa shape index (κ3) is 6.91. The number of rotatable bonds is 8. The highest BCUT2D eigenvalue weighted by atomic mass is 28.4. The van der Waals surface area contributed by atoms with Gasteiger partial charge in [0.1, 0.15) is 6.10 Å². The number of benzene rings is 1. The van der Waals surface area contributed by atoms with Crippen molar-refractivity contribution in [3.63, 3.8) is 0 Å². The van der Waals surface area contributed by atoms with Gasteiger partial charge < -0.3 is 9.16 Å². The maximum Gasteiger partial charge on any atom is 0.192 e. The molecular formula is C20H32O2Si. The second-order valence-corrected chi connectivity index (χ2v) is 12.5. The second-order valence-electron chi connectivity index (χ2n) is 7.72. The molecule has 0 saturated carbocycles. The summed E-state index contributed by atoms with van der Waals surface area (Å²) in [4.78, 5) is 0. The van der Waals surface area contributed by atoms with E-state index in [1.165, 1.54) is 0 Å². The lowest BCUT2D eigenvalue weighted by Crippen LogP contribution is -2.43. The van der Waals surface area contributed by atoms with E-state index < -0.39 is 8.32 Å². The monoisotopic (exact) mass is 332 g/mol. The van der Waals surface area contributed by atoms with Crippen LogP contribution in [-0.2, 0) is 15.8 Å². The van der Waals surface area contributed by atoms with E-state index in [1.807, 2.05) is 18.2 Å². The standard InChI is InChI=1S/C20H32O2Si/c1-8-19(21-16-18-12-10-9-11-13-18)15-14-17(2)22-23(6,7)20(3,4)5/h1,9-13,17,19H,14-16H2,2-7H3/t17-,19-/m1/s1. The number of terminal acetylenes is 1. The van der Waals surface area contributed by atoms with Crippen LogP contribution in [0.15, 0.2) is 30.3 Å². The fourth-order valence-electron chi connectivity index (χ4n) is 2.11. The zero-order valence-electron chi connectivity index (χ0n) is 15.6. The first-order valence-corrected chi connectivity index (χ1v) is 11.4. The Kier molecular flexibility index (Phi) is 7.53. The van der Waals surface area contributed by atoms with Gasteiger partial charge in [0.15, 0.2) is 8.32 Å². The van der Waals surface area contributed by atoms with Crippen LogP contribution in [0.25, 0.3) is 0 Å². The van der Waals surface area contributed by atoms with Gasteiger partial charge in [0.25, 0.3) is 0 Å². The van der Waals surface area contributed by atoms with Crippen LogP contribution in [0, 0.1) is 12.3 Å². The van der Waals surface area contributed by atoms with Gasteiger partial charge >= 0.3 is 0 Å². The zero-order valence-corrected chi connectivity index (χ0v) is 16.6. The van der Waals surface area contributed by atoms with Gasteiger partial charge in [-0.1, -0.05) is 57.0 Å². The van der Waals surface area contributed by atoms with Crippen LogP contribution in [0.5, 0.6) is 0 Å². The summed E-state index contributed by atoms with van der Waals surface area (Å²) in [5.74, 6) is 2.75. The molecular weight excluding hydrogens is 300 g/mol. The molecule has 0 unspecified atom stereocenters. The molecule has 0 heterocycles. The van der Waals surface area contributed by atoms with Crippen molar-refractivity contribution in [2.75, 3.05) is 0 Å². The van der Waals surface area contributed by atoms with E-state index in [1.54, 1.807) is 0 Å². The highest BCUT2D eigenvalue weighted by Gasteiger charge is 2.38. The first-order chi connectivity index (χ1) is 10.7. The fraction of sp³-hybridized carbons (Fsp3) is 0.600. The summed E-state index contributed by atoms with van der Waals surface area (Å²) < 4.78 is 12.2.